The van der Waals surface area contributed by atoms with Crippen molar-refractivity contribution in [1.29, 1.82) is 0 Å². The maximum absolute atomic E-state index is 12.5. The lowest BCUT2D eigenvalue weighted by Gasteiger charge is -2.13. The van der Waals surface area contributed by atoms with E-state index >= 15 is 0 Å². The molecule has 150 valence electrons. The lowest BCUT2D eigenvalue weighted by atomic mass is 10.00. The molecule has 1 amide bonds. The van der Waals surface area contributed by atoms with Crippen molar-refractivity contribution in [2.45, 2.75) is 38.2 Å². The van der Waals surface area contributed by atoms with Gasteiger partial charge in [0.1, 0.15) is 11.5 Å². The van der Waals surface area contributed by atoms with E-state index in [0.717, 1.165) is 24.2 Å². The molecule has 1 aliphatic rings. The fraction of sp³-hybridized carbons (Fsp3) is 0.318. The van der Waals surface area contributed by atoms with Crippen LogP contribution in [0.3, 0.4) is 0 Å². The SMILES string of the molecule is COc1ccc([C@H](C)C(=O)Nc2ccc(OCc3noc(C4CC4)n3)cc2)cc1. The molecule has 1 heterocycles. The topological polar surface area (TPSA) is 86.5 Å². The van der Waals surface area contributed by atoms with Gasteiger partial charge in [0.05, 0.1) is 13.0 Å². The van der Waals surface area contributed by atoms with E-state index in [-0.39, 0.29) is 18.4 Å². The van der Waals surface area contributed by atoms with E-state index in [1.54, 1.807) is 31.4 Å². The smallest absolute Gasteiger partial charge is 0.231 e. The molecule has 1 fully saturated rings. The second-order valence-electron chi connectivity index (χ2n) is 7.12. The van der Waals surface area contributed by atoms with Gasteiger partial charge in [0.2, 0.25) is 17.6 Å². The minimum atomic E-state index is -0.282. The van der Waals surface area contributed by atoms with Crippen LogP contribution in [-0.4, -0.2) is 23.2 Å². The number of ether oxygens (including phenoxy) is 2. The third kappa shape index (κ3) is 4.74. The molecule has 0 bridgehead atoms. The number of hydrogen-bond donors (Lipinski definition) is 1. The minimum absolute atomic E-state index is 0.0803. The molecule has 0 unspecified atom stereocenters. The monoisotopic (exact) mass is 393 g/mol. The Balaban J connectivity index is 1.30. The second kappa shape index (κ2) is 8.34. The second-order valence-corrected chi connectivity index (χ2v) is 7.12. The number of benzene rings is 2. The zero-order valence-electron chi connectivity index (χ0n) is 16.4. The van der Waals surface area contributed by atoms with E-state index in [4.69, 9.17) is 14.0 Å². The summed E-state index contributed by atoms with van der Waals surface area (Å²) in [6.45, 7) is 2.12. The number of methoxy groups -OCH3 is 1. The summed E-state index contributed by atoms with van der Waals surface area (Å²) in [4.78, 5) is 16.9. The van der Waals surface area contributed by atoms with Crippen molar-refractivity contribution in [2.75, 3.05) is 12.4 Å². The third-order valence-corrected chi connectivity index (χ3v) is 4.91. The standard InChI is InChI=1S/C22H23N3O4/c1-14(15-5-9-18(27-2)10-6-15)21(26)23-17-7-11-19(12-8-17)28-13-20-24-22(29-25-20)16-3-4-16/h5-12,14,16H,3-4,13H2,1-2H3,(H,23,26)/t14-/m0/s1. The molecule has 3 aromatic rings. The average molecular weight is 393 g/mol. The first-order chi connectivity index (χ1) is 14.1. The maximum atomic E-state index is 12.5. The molecule has 0 aliphatic heterocycles. The summed E-state index contributed by atoms with van der Waals surface area (Å²) < 4.78 is 16.1. The number of carbonyl (C=O) groups is 1. The molecule has 0 radical (unpaired) electrons. The van der Waals surface area contributed by atoms with Crippen molar-refractivity contribution in [2.24, 2.45) is 0 Å². The fourth-order valence-corrected chi connectivity index (χ4v) is 2.90. The van der Waals surface area contributed by atoms with E-state index in [1.807, 2.05) is 31.2 Å². The summed E-state index contributed by atoms with van der Waals surface area (Å²) in [7, 11) is 1.62. The molecule has 2 aromatic carbocycles. The van der Waals surface area contributed by atoms with Crippen LogP contribution in [0.4, 0.5) is 5.69 Å². The summed E-state index contributed by atoms with van der Waals surface area (Å²) >= 11 is 0. The Bertz CT molecular complexity index is 962. The quantitative estimate of drug-likeness (QED) is 0.615. The van der Waals surface area contributed by atoms with E-state index < -0.39 is 0 Å². The van der Waals surface area contributed by atoms with Crippen LogP contribution in [0.15, 0.2) is 53.1 Å². The molecule has 1 saturated carbocycles. The maximum Gasteiger partial charge on any atom is 0.231 e. The molecule has 7 heteroatoms. The number of aromatic nitrogens is 2. The third-order valence-electron chi connectivity index (χ3n) is 4.91. The van der Waals surface area contributed by atoms with Crippen LogP contribution in [0.5, 0.6) is 11.5 Å². The number of nitrogens with one attached hydrogen (secondary N) is 1. The molecule has 0 saturated heterocycles. The zero-order chi connectivity index (χ0) is 20.2. The Kier molecular flexibility index (Phi) is 5.46. The predicted octanol–water partition coefficient (Wildman–Crippen LogP) is 4.28. The first kappa shape index (κ1) is 19.0. The highest BCUT2D eigenvalue weighted by atomic mass is 16.5. The van der Waals surface area contributed by atoms with Crippen LogP contribution in [0.1, 0.15) is 48.9 Å². The summed E-state index contributed by atoms with van der Waals surface area (Å²) in [5, 5.41) is 6.86. The van der Waals surface area contributed by atoms with Gasteiger partial charge in [-0.1, -0.05) is 17.3 Å². The van der Waals surface area contributed by atoms with Gasteiger partial charge in [-0.25, -0.2) is 0 Å². The molecule has 0 spiro atoms. The van der Waals surface area contributed by atoms with Crippen molar-refractivity contribution < 1.29 is 18.8 Å². The highest BCUT2D eigenvalue weighted by Gasteiger charge is 2.29. The lowest BCUT2D eigenvalue weighted by molar-refractivity contribution is -0.117. The van der Waals surface area contributed by atoms with Gasteiger partial charge in [-0.15, -0.1) is 0 Å². The van der Waals surface area contributed by atoms with Gasteiger partial charge in [0.15, 0.2) is 6.61 Å². The molecular weight excluding hydrogens is 370 g/mol. The number of rotatable bonds is 8. The van der Waals surface area contributed by atoms with Gasteiger partial charge < -0.3 is 19.3 Å². The Hall–Kier alpha value is -3.35. The number of nitrogens with zero attached hydrogens (tertiary/aromatic N) is 2. The molecule has 4 rings (SSSR count). The van der Waals surface area contributed by atoms with E-state index in [0.29, 0.717) is 29.1 Å². The number of hydrogen-bond acceptors (Lipinski definition) is 6. The average Bonchev–Trinajstić information content (AvgIpc) is 3.50. The zero-order valence-corrected chi connectivity index (χ0v) is 16.4. The largest absolute Gasteiger partial charge is 0.497 e. The Labute approximate surface area is 169 Å². The summed E-state index contributed by atoms with van der Waals surface area (Å²) in [6, 6.07) is 14.7. The predicted molar refractivity (Wildman–Crippen MR) is 107 cm³/mol. The molecule has 1 aromatic heterocycles. The van der Waals surface area contributed by atoms with Crippen molar-refractivity contribution in [3.05, 3.63) is 65.8 Å². The van der Waals surface area contributed by atoms with E-state index in [9.17, 15) is 4.79 Å². The molecule has 29 heavy (non-hydrogen) atoms. The molecule has 7 nitrogen and oxygen atoms in total. The number of anilines is 1. The van der Waals surface area contributed by atoms with Gasteiger partial charge in [-0.05, 0) is 61.7 Å². The normalized spacial score (nSPS) is 14.3. The highest BCUT2D eigenvalue weighted by molar-refractivity contribution is 5.95. The number of carbonyl (C=O) groups excluding carboxylic acids is 1. The number of amides is 1. The first-order valence-electron chi connectivity index (χ1n) is 9.62. The minimum Gasteiger partial charge on any atom is -0.497 e. The Morgan fingerprint density at radius 1 is 1.14 bits per heavy atom. The van der Waals surface area contributed by atoms with Crippen LogP contribution < -0.4 is 14.8 Å². The fourth-order valence-electron chi connectivity index (χ4n) is 2.90. The first-order valence-corrected chi connectivity index (χ1v) is 9.62. The van der Waals surface area contributed by atoms with Crippen LogP contribution in [-0.2, 0) is 11.4 Å². The highest BCUT2D eigenvalue weighted by Crippen LogP contribution is 2.38. The van der Waals surface area contributed by atoms with Gasteiger partial charge in [0, 0.05) is 11.6 Å². The van der Waals surface area contributed by atoms with Gasteiger partial charge in [-0.3, -0.25) is 4.79 Å². The van der Waals surface area contributed by atoms with E-state index in [1.165, 1.54) is 0 Å². The molecule has 1 aliphatic carbocycles. The Morgan fingerprint density at radius 2 is 1.83 bits per heavy atom. The van der Waals surface area contributed by atoms with Crippen molar-refractivity contribution >= 4 is 11.6 Å². The van der Waals surface area contributed by atoms with Crippen LogP contribution in [0.2, 0.25) is 0 Å². The molecule has 1 N–H and O–H groups in total. The summed E-state index contributed by atoms with van der Waals surface area (Å²) in [5.41, 5.74) is 1.63. The summed E-state index contributed by atoms with van der Waals surface area (Å²) in [5.74, 6) is 2.74. The van der Waals surface area contributed by atoms with Crippen molar-refractivity contribution in [3.8, 4) is 11.5 Å². The Morgan fingerprint density at radius 3 is 2.48 bits per heavy atom. The van der Waals surface area contributed by atoms with Gasteiger partial charge in [-0.2, -0.15) is 4.98 Å². The van der Waals surface area contributed by atoms with Crippen molar-refractivity contribution in [1.82, 2.24) is 10.1 Å². The van der Waals surface area contributed by atoms with Crippen LogP contribution in [0.25, 0.3) is 0 Å². The summed E-state index contributed by atoms with van der Waals surface area (Å²) in [6.07, 6.45) is 2.24. The molecule has 1 atom stereocenters. The van der Waals surface area contributed by atoms with Crippen molar-refractivity contribution in [3.63, 3.8) is 0 Å². The van der Waals surface area contributed by atoms with Crippen LogP contribution >= 0.6 is 0 Å². The molecular formula is C22H23N3O4. The van der Waals surface area contributed by atoms with E-state index in [2.05, 4.69) is 15.5 Å². The van der Waals surface area contributed by atoms with Crippen LogP contribution in [0, 0.1) is 0 Å². The van der Waals surface area contributed by atoms with Gasteiger partial charge in [0.25, 0.3) is 0 Å². The van der Waals surface area contributed by atoms with Gasteiger partial charge >= 0.3 is 0 Å². The lowest BCUT2D eigenvalue weighted by Crippen LogP contribution is -2.18.